The van der Waals surface area contributed by atoms with Gasteiger partial charge in [0.2, 0.25) is 5.89 Å². The van der Waals surface area contributed by atoms with E-state index in [0.29, 0.717) is 17.7 Å². The molecule has 0 aliphatic carbocycles. The molecule has 0 radical (unpaired) electrons. The molecule has 23 heavy (non-hydrogen) atoms. The fourth-order valence-corrected chi connectivity index (χ4v) is 3.64. The predicted octanol–water partition coefficient (Wildman–Crippen LogP) is 3.27. The minimum Gasteiger partial charge on any atom is -0.443 e. The summed E-state index contributed by atoms with van der Waals surface area (Å²) in [6, 6.07) is 0. The smallest absolute Gasteiger partial charge is 0.216 e. The lowest BCUT2D eigenvalue weighted by Gasteiger charge is -2.34. The summed E-state index contributed by atoms with van der Waals surface area (Å²) in [4.78, 5) is 11.5. The Bertz CT molecular complexity index is 521. The Labute approximate surface area is 144 Å². The fourth-order valence-electron chi connectivity index (χ4n) is 2.46. The summed E-state index contributed by atoms with van der Waals surface area (Å²) in [7, 11) is 0. The van der Waals surface area contributed by atoms with Crippen molar-refractivity contribution in [2.75, 3.05) is 25.4 Å². The first-order valence-electron chi connectivity index (χ1n) is 8.54. The van der Waals surface area contributed by atoms with Crippen molar-refractivity contribution in [1.29, 1.82) is 0 Å². The zero-order chi connectivity index (χ0) is 16.9. The van der Waals surface area contributed by atoms with Crippen molar-refractivity contribution in [2.24, 2.45) is 4.99 Å². The highest BCUT2D eigenvalue weighted by Crippen LogP contribution is 2.23. The Kier molecular flexibility index (Phi) is 6.39. The van der Waals surface area contributed by atoms with Gasteiger partial charge in [-0.3, -0.25) is 0 Å². The van der Waals surface area contributed by atoms with Crippen LogP contribution in [0.4, 0.5) is 0 Å². The lowest BCUT2D eigenvalue weighted by atomic mass is 9.94. The highest BCUT2D eigenvalue weighted by atomic mass is 32.2. The van der Waals surface area contributed by atoms with Crippen molar-refractivity contribution in [3.63, 3.8) is 0 Å². The second-order valence-electron chi connectivity index (χ2n) is 6.89. The molecule has 1 unspecified atom stereocenters. The maximum Gasteiger partial charge on any atom is 0.216 e. The molecule has 1 aromatic heterocycles. The monoisotopic (exact) mass is 338 g/mol. The van der Waals surface area contributed by atoms with Gasteiger partial charge in [0.05, 0.1) is 6.20 Å². The van der Waals surface area contributed by atoms with Crippen LogP contribution in [0.25, 0.3) is 0 Å². The molecule has 1 saturated heterocycles. The van der Waals surface area contributed by atoms with Crippen LogP contribution in [-0.4, -0.2) is 46.5 Å². The van der Waals surface area contributed by atoms with Crippen LogP contribution in [0.1, 0.15) is 52.7 Å². The molecular formula is C17H30N4OS. The van der Waals surface area contributed by atoms with E-state index in [1.165, 1.54) is 6.42 Å². The Balaban J connectivity index is 2.05. The van der Waals surface area contributed by atoms with Gasteiger partial charge in [-0.2, -0.15) is 11.8 Å². The van der Waals surface area contributed by atoms with Gasteiger partial charge in [-0.1, -0.05) is 27.7 Å². The molecule has 1 aliphatic heterocycles. The van der Waals surface area contributed by atoms with Crippen molar-refractivity contribution in [3.05, 3.63) is 17.8 Å². The third-order valence-corrected chi connectivity index (χ3v) is 5.26. The van der Waals surface area contributed by atoms with E-state index >= 15 is 0 Å². The Hall–Kier alpha value is -1.17. The normalized spacial score (nSPS) is 20.0. The van der Waals surface area contributed by atoms with Crippen LogP contribution >= 0.6 is 11.8 Å². The summed E-state index contributed by atoms with van der Waals surface area (Å²) < 4.78 is 5.84. The number of thioether (sulfide) groups is 1. The van der Waals surface area contributed by atoms with Crippen molar-refractivity contribution in [1.82, 2.24) is 15.2 Å². The SMILES string of the molecule is CCNC(=NCc1ncc(C(C)(C)C)o1)N1CCSC(CC)C1. The molecule has 0 amide bonds. The molecule has 1 aromatic rings. The van der Waals surface area contributed by atoms with Gasteiger partial charge in [0, 0.05) is 36.1 Å². The van der Waals surface area contributed by atoms with E-state index in [9.17, 15) is 0 Å². The van der Waals surface area contributed by atoms with Gasteiger partial charge in [-0.25, -0.2) is 9.98 Å². The summed E-state index contributed by atoms with van der Waals surface area (Å²) in [5.74, 6) is 3.73. The van der Waals surface area contributed by atoms with Crippen molar-refractivity contribution >= 4 is 17.7 Å². The molecule has 5 nitrogen and oxygen atoms in total. The second-order valence-corrected chi connectivity index (χ2v) is 8.29. The first kappa shape index (κ1) is 18.2. The van der Waals surface area contributed by atoms with Crippen LogP contribution in [0, 0.1) is 0 Å². The minimum atomic E-state index is -0.0160. The molecular weight excluding hydrogens is 308 g/mol. The molecule has 130 valence electrons. The number of nitrogens with zero attached hydrogens (tertiary/aromatic N) is 3. The van der Waals surface area contributed by atoms with E-state index in [1.54, 1.807) is 0 Å². The largest absolute Gasteiger partial charge is 0.443 e. The van der Waals surface area contributed by atoms with Gasteiger partial charge >= 0.3 is 0 Å². The number of nitrogens with one attached hydrogen (secondary N) is 1. The van der Waals surface area contributed by atoms with E-state index in [1.807, 2.05) is 6.20 Å². The highest BCUT2D eigenvalue weighted by molar-refractivity contribution is 8.00. The molecule has 6 heteroatoms. The average molecular weight is 339 g/mol. The van der Waals surface area contributed by atoms with E-state index in [2.05, 4.69) is 61.6 Å². The number of hydrogen-bond donors (Lipinski definition) is 1. The second kappa shape index (κ2) is 8.08. The molecule has 0 aromatic carbocycles. The Morgan fingerprint density at radius 1 is 1.48 bits per heavy atom. The zero-order valence-electron chi connectivity index (χ0n) is 15.1. The first-order chi connectivity index (χ1) is 10.9. The van der Waals surface area contributed by atoms with Crippen molar-refractivity contribution in [3.8, 4) is 0 Å². The summed E-state index contributed by atoms with van der Waals surface area (Å²) in [5.41, 5.74) is -0.0160. The molecule has 1 fully saturated rings. The number of aromatic nitrogens is 1. The van der Waals surface area contributed by atoms with E-state index in [0.717, 1.165) is 37.1 Å². The van der Waals surface area contributed by atoms with Gasteiger partial charge in [0.1, 0.15) is 12.3 Å². The predicted molar refractivity (Wildman–Crippen MR) is 98.1 cm³/mol. The number of hydrogen-bond acceptors (Lipinski definition) is 4. The lowest BCUT2D eigenvalue weighted by molar-refractivity contribution is 0.379. The number of guanidine groups is 1. The van der Waals surface area contributed by atoms with Crippen LogP contribution in [0.5, 0.6) is 0 Å². The maximum absolute atomic E-state index is 5.84. The molecule has 0 bridgehead atoms. The van der Waals surface area contributed by atoms with Gasteiger partial charge in [-0.15, -0.1) is 0 Å². The molecule has 1 atom stereocenters. The molecule has 1 aliphatic rings. The van der Waals surface area contributed by atoms with E-state index in [4.69, 9.17) is 9.41 Å². The van der Waals surface area contributed by atoms with Crippen LogP contribution in [0.15, 0.2) is 15.6 Å². The van der Waals surface area contributed by atoms with Gasteiger partial charge in [0.25, 0.3) is 0 Å². The summed E-state index contributed by atoms with van der Waals surface area (Å²) in [6.07, 6.45) is 3.03. The molecule has 2 rings (SSSR count). The van der Waals surface area contributed by atoms with Crippen LogP contribution in [0.3, 0.4) is 0 Å². The fraction of sp³-hybridized carbons (Fsp3) is 0.765. The van der Waals surface area contributed by atoms with Crippen LogP contribution < -0.4 is 5.32 Å². The van der Waals surface area contributed by atoms with E-state index in [-0.39, 0.29) is 5.41 Å². The third-order valence-electron chi connectivity index (χ3n) is 3.89. The minimum absolute atomic E-state index is 0.0160. The van der Waals surface area contributed by atoms with Gasteiger partial charge < -0.3 is 14.6 Å². The average Bonchev–Trinajstić information content (AvgIpc) is 3.00. The first-order valence-corrected chi connectivity index (χ1v) is 9.59. The number of aliphatic imine (C=N–C) groups is 1. The molecule has 1 N–H and O–H groups in total. The lowest BCUT2D eigenvalue weighted by Crippen LogP contribution is -2.48. The topological polar surface area (TPSA) is 53.7 Å². The van der Waals surface area contributed by atoms with Crippen LogP contribution in [0.2, 0.25) is 0 Å². The Morgan fingerprint density at radius 2 is 2.26 bits per heavy atom. The quantitative estimate of drug-likeness (QED) is 0.674. The molecule has 0 saturated carbocycles. The summed E-state index contributed by atoms with van der Waals surface area (Å²) in [5, 5.41) is 4.10. The number of oxazole rings is 1. The van der Waals surface area contributed by atoms with Gasteiger partial charge in [-0.05, 0) is 13.3 Å². The van der Waals surface area contributed by atoms with Crippen LogP contribution in [-0.2, 0) is 12.0 Å². The molecule has 0 spiro atoms. The van der Waals surface area contributed by atoms with E-state index < -0.39 is 0 Å². The van der Waals surface area contributed by atoms with Gasteiger partial charge in [0.15, 0.2) is 5.96 Å². The highest BCUT2D eigenvalue weighted by Gasteiger charge is 2.22. The third kappa shape index (κ3) is 5.16. The number of rotatable bonds is 4. The zero-order valence-corrected chi connectivity index (χ0v) is 15.9. The maximum atomic E-state index is 5.84. The molecule has 2 heterocycles. The summed E-state index contributed by atoms with van der Waals surface area (Å²) in [6.45, 7) is 14.2. The standard InChI is InChI=1S/C17H30N4OS/c1-6-13-12-21(8-9-23-13)16(18-7-2)20-11-15-19-10-14(22-15)17(3,4)5/h10,13H,6-9,11-12H2,1-5H3,(H,18,20). The summed E-state index contributed by atoms with van der Waals surface area (Å²) >= 11 is 2.07. The van der Waals surface area contributed by atoms with Crippen molar-refractivity contribution in [2.45, 2.75) is 58.2 Å². The Morgan fingerprint density at radius 3 is 2.87 bits per heavy atom. The van der Waals surface area contributed by atoms with Crippen molar-refractivity contribution < 1.29 is 4.42 Å².